The number of benzene rings is 1. The van der Waals surface area contributed by atoms with Gasteiger partial charge < -0.3 is 14.4 Å². The number of hydrogen-bond acceptors (Lipinski definition) is 2. The van der Waals surface area contributed by atoms with E-state index >= 15 is 0 Å². The van der Waals surface area contributed by atoms with Crippen LogP contribution in [0.15, 0.2) is 47.1 Å². The second-order valence-corrected chi connectivity index (χ2v) is 10.2. The third kappa shape index (κ3) is 7.22. The molecule has 0 unspecified atom stereocenters. The highest BCUT2D eigenvalue weighted by Crippen LogP contribution is 2.31. The van der Waals surface area contributed by atoms with E-state index in [4.69, 9.17) is 0 Å². The highest BCUT2D eigenvalue weighted by molar-refractivity contribution is 9.10. The van der Waals surface area contributed by atoms with Crippen molar-refractivity contribution in [3.63, 3.8) is 0 Å². The van der Waals surface area contributed by atoms with Gasteiger partial charge in [0.05, 0.1) is 13.1 Å². The number of nitrogens with zero attached hydrogens (tertiary/aromatic N) is 3. The average molecular weight is 502 g/mol. The smallest absolute Gasteiger partial charge is 0.242 e. The summed E-state index contributed by atoms with van der Waals surface area (Å²) in [6, 6.07) is 12.5. The number of hydrogen-bond donors (Lipinski definition) is 0. The first-order valence-electron chi connectivity index (χ1n) is 11.8. The van der Waals surface area contributed by atoms with E-state index in [0.717, 1.165) is 42.4 Å². The Morgan fingerprint density at radius 3 is 2.47 bits per heavy atom. The second kappa shape index (κ2) is 11.7. The molecule has 1 saturated carbocycles. The largest absolute Gasteiger partial charge is 0.345 e. The van der Waals surface area contributed by atoms with Crippen LogP contribution in [-0.2, 0) is 22.7 Å². The molecular weight excluding hydrogens is 466 g/mol. The molecule has 1 heterocycles. The number of carbonyl (C=O) groups is 2. The lowest BCUT2D eigenvalue weighted by atomic mass is 10.2. The minimum atomic E-state index is 0.0458. The predicted octanol–water partition coefficient (Wildman–Crippen LogP) is 5.32. The zero-order chi connectivity index (χ0) is 23.1. The van der Waals surface area contributed by atoms with Crippen molar-refractivity contribution in [1.29, 1.82) is 0 Å². The van der Waals surface area contributed by atoms with E-state index < -0.39 is 0 Å². The maximum atomic E-state index is 13.3. The zero-order valence-corrected chi connectivity index (χ0v) is 21.2. The lowest BCUT2D eigenvalue weighted by Gasteiger charge is -2.29. The van der Waals surface area contributed by atoms with Crippen LogP contribution in [-0.4, -0.2) is 45.8 Å². The molecule has 0 aliphatic heterocycles. The fraction of sp³-hybridized carbons (Fsp3) is 0.538. The summed E-state index contributed by atoms with van der Waals surface area (Å²) in [5.41, 5.74) is 2.33. The fourth-order valence-electron chi connectivity index (χ4n) is 3.90. The van der Waals surface area contributed by atoms with Gasteiger partial charge in [-0.2, -0.15) is 0 Å². The summed E-state index contributed by atoms with van der Waals surface area (Å²) in [5.74, 6) is 0.678. The quantitative estimate of drug-likeness (QED) is 0.394. The second-order valence-electron chi connectivity index (χ2n) is 9.31. The Balaban J connectivity index is 1.70. The summed E-state index contributed by atoms with van der Waals surface area (Å²) < 4.78 is 3.27. The first kappa shape index (κ1) is 24.6. The molecule has 174 valence electrons. The maximum absolute atomic E-state index is 13.3. The third-order valence-corrected chi connectivity index (χ3v) is 6.36. The number of unbranched alkanes of at least 4 members (excludes halogenated alkanes) is 1. The summed E-state index contributed by atoms with van der Waals surface area (Å²) in [5, 5.41) is 0. The van der Waals surface area contributed by atoms with Crippen LogP contribution in [0.4, 0.5) is 0 Å². The van der Waals surface area contributed by atoms with Gasteiger partial charge in [0.2, 0.25) is 11.8 Å². The van der Waals surface area contributed by atoms with E-state index in [2.05, 4.69) is 77.8 Å². The van der Waals surface area contributed by atoms with Crippen molar-refractivity contribution >= 4 is 27.7 Å². The van der Waals surface area contributed by atoms with Crippen molar-refractivity contribution < 1.29 is 9.59 Å². The van der Waals surface area contributed by atoms with E-state index in [1.54, 1.807) is 4.90 Å². The van der Waals surface area contributed by atoms with Gasteiger partial charge in [-0.25, -0.2) is 0 Å². The first-order valence-corrected chi connectivity index (χ1v) is 12.6. The zero-order valence-electron chi connectivity index (χ0n) is 19.6. The van der Waals surface area contributed by atoms with Crippen LogP contribution in [0.1, 0.15) is 57.7 Å². The minimum absolute atomic E-state index is 0.0458. The van der Waals surface area contributed by atoms with Gasteiger partial charge in [0.15, 0.2) is 0 Å². The lowest BCUT2D eigenvalue weighted by molar-refractivity contribution is -0.142. The van der Waals surface area contributed by atoms with Crippen LogP contribution in [0.25, 0.3) is 0 Å². The summed E-state index contributed by atoms with van der Waals surface area (Å²) in [4.78, 5) is 29.8. The molecule has 0 radical (unpaired) electrons. The van der Waals surface area contributed by atoms with Crippen molar-refractivity contribution in [3.8, 4) is 0 Å². The Labute approximate surface area is 200 Å². The Bertz CT molecular complexity index is 887. The summed E-state index contributed by atoms with van der Waals surface area (Å²) in [6.45, 7) is 9.21. The van der Waals surface area contributed by atoms with Crippen LogP contribution in [0.3, 0.4) is 0 Å². The van der Waals surface area contributed by atoms with Gasteiger partial charge >= 0.3 is 0 Å². The average Bonchev–Trinajstić information content (AvgIpc) is 3.52. The lowest BCUT2D eigenvalue weighted by Crippen LogP contribution is -2.45. The molecule has 0 spiro atoms. The molecular formula is C26H36BrN3O2. The van der Waals surface area contributed by atoms with Crippen molar-refractivity contribution in [2.24, 2.45) is 11.8 Å². The van der Waals surface area contributed by atoms with E-state index in [0.29, 0.717) is 25.6 Å². The molecule has 2 amide bonds. The molecule has 5 nitrogen and oxygen atoms in total. The van der Waals surface area contributed by atoms with Gasteiger partial charge in [-0.3, -0.25) is 9.59 Å². The normalized spacial score (nSPS) is 13.4. The molecule has 1 fully saturated rings. The van der Waals surface area contributed by atoms with Gasteiger partial charge in [-0.1, -0.05) is 55.3 Å². The minimum Gasteiger partial charge on any atom is -0.345 e. The number of aromatic nitrogens is 1. The van der Waals surface area contributed by atoms with Gasteiger partial charge in [-0.05, 0) is 55.0 Å². The van der Waals surface area contributed by atoms with Crippen molar-refractivity contribution in [2.75, 3.05) is 19.6 Å². The van der Waals surface area contributed by atoms with Gasteiger partial charge in [0.1, 0.15) is 0 Å². The van der Waals surface area contributed by atoms with Gasteiger partial charge in [0.25, 0.3) is 0 Å². The van der Waals surface area contributed by atoms with Crippen molar-refractivity contribution in [1.82, 2.24) is 14.4 Å². The molecule has 3 rings (SSSR count). The van der Waals surface area contributed by atoms with E-state index in [1.807, 2.05) is 11.0 Å². The Morgan fingerprint density at radius 1 is 1.12 bits per heavy atom. The predicted molar refractivity (Wildman–Crippen MR) is 132 cm³/mol. The molecule has 32 heavy (non-hydrogen) atoms. The molecule has 1 aromatic carbocycles. The van der Waals surface area contributed by atoms with Crippen LogP contribution in [0.2, 0.25) is 0 Å². The molecule has 1 aliphatic rings. The SMILES string of the molecule is CCCCN(Cc1cccn1Cc1ccc(Br)cc1)C(=O)CN(CC(C)C)C(=O)C1CC1. The molecule has 1 aliphatic carbocycles. The van der Waals surface area contributed by atoms with Gasteiger partial charge in [0, 0.05) is 41.9 Å². The highest BCUT2D eigenvalue weighted by atomic mass is 79.9. The number of carbonyl (C=O) groups excluding carboxylic acids is 2. The standard InChI is InChI=1S/C26H36BrN3O2/c1-4-5-14-29(25(31)19-30(16-20(2)3)26(32)22-10-11-22)18-24-7-6-15-28(24)17-21-8-12-23(27)13-9-21/h6-9,12-13,15,20,22H,4-5,10-11,14,16-19H2,1-3H3. The number of amides is 2. The summed E-state index contributed by atoms with van der Waals surface area (Å²) >= 11 is 3.49. The topological polar surface area (TPSA) is 45.6 Å². The van der Waals surface area contributed by atoms with Crippen molar-refractivity contribution in [2.45, 2.75) is 59.5 Å². The first-order chi connectivity index (χ1) is 15.4. The number of halogens is 1. The third-order valence-electron chi connectivity index (χ3n) is 5.83. The van der Waals surface area contributed by atoms with Crippen molar-refractivity contribution in [3.05, 3.63) is 58.3 Å². The molecule has 2 aromatic rings. The number of rotatable bonds is 12. The summed E-state index contributed by atoms with van der Waals surface area (Å²) in [6.07, 6.45) is 5.98. The Hall–Kier alpha value is -2.08. The maximum Gasteiger partial charge on any atom is 0.242 e. The Morgan fingerprint density at radius 2 is 1.84 bits per heavy atom. The van der Waals surface area contributed by atoms with Crippen LogP contribution in [0.5, 0.6) is 0 Å². The molecule has 0 N–H and O–H groups in total. The molecule has 1 aromatic heterocycles. The summed E-state index contributed by atoms with van der Waals surface area (Å²) in [7, 11) is 0. The molecule has 0 bridgehead atoms. The highest BCUT2D eigenvalue weighted by Gasteiger charge is 2.34. The monoisotopic (exact) mass is 501 g/mol. The Kier molecular flexibility index (Phi) is 8.97. The van der Waals surface area contributed by atoms with Crippen LogP contribution in [0, 0.1) is 11.8 Å². The van der Waals surface area contributed by atoms with E-state index in [-0.39, 0.29) is 24.3 Å². The van der Waals surface area contributed by atoms with Crippen LogP contribution >= 0.6 is 15.9 Å². The van der Waals surface area contributed by atoms with Crippen LogP contribution < -0.4 is 0 Å². The fourth-order valence-corrected chi connectivity index (χ4v) is 4.16. The van der Waals surface area contributed by atoms with Gasteiger partial charge in [-0.15, -0.1) is 0 Å². The molecule has 6 heteroatoms. The molecule has 0 atom stereocenters. The molecule has 0 saturated heterocycles. The van der Waals surface area contributed by atoms with E-state index in [9.17, 15) is 9.59 Å². The van der Waals surface area contributed by atoms with E-state index in [1.165, 1.54) is 5.56 Å².